The maximum Gasteiger partial charge on any atom is 0.227 e. The van der Waals surface area contributed by atoms with Gasteiger partial charge < -0.3 is 9.64 Å². The first-order valence-corrected chi connectivity index (χ1v) is 8.05. The minimum absolute atomic E-state index is 0.0966. The van der Waals surface area contributed by atoms with E-state index in [1.54, 1.807) is 18.9 Å². The highest BCUT2D eigenvalue weighted by molar-refractivity contribution is 9.10. The third-order valence-corrected chi connectivity index (χ3v) is 4.63. The van der Waals surface area contributed by atoms with Gasteiger partial charge in [-0.05, 0) is 18.1 Å². The summed E-state index contributed by atoms with van der Waals surface area (Å²) in [7, 11) is 1.60. The highest BCUT2D eigenvalue weighted by Crippen LogP contribution is 2.32. The van der Waals surface area contributed by atoms with Crippen molar-refractivity contribution in [2.45, 2.75) is 13.3 Å². The summed E-state index contributed by atoms with van der Waals surface area (Å²) in [6.45, 7) is 2.21. The molecule has 1 heterocycles. The molecular weight excluding hydrogens is 342 g/mol. The van der Waals surface area contributed by atoms with E-state index in [1.165, 1.54) is 11.8 Å². The molecule has 0 saturated carbocycles. The summed E-state index contributed by atoms with van der Waals surface area (Å²) in [5.74, 6) is 1.73. The Hall–Kier alpha value is -1.01. The van der Waals surface area contributed by atoms with Gasteiger partial charge in [0, 0.05) is 41.9 Å². The molecule has 1 aromatic carbocycles. The van der Waals surface area contributed by atoms with Gasteiger partial charge in [-0.1, -0.05) is 27.7 Å². The van der Waals surface area contributed by atoms with Crippen LogP contribution in [0.2, 0.25) is 0 Å². The molecule has 1 unspecified atom stereocenters. The molecule has 1 aliphatic rings. The van der Waals surface area contributed by atoms with Crippen LogP contribution in [0.15, 0.2) is 22.7 Å². The van der Waals surface area contributed by atoms with Crippen LogP contribution in [0.25, 0.3) is 0 Å². The third-order valence-electron chi connectivity index (χ3n) is 3.13. The maximum atomic E-state index is 12.1. The van der Waals surface area contributed by atoms with Crippen LogP contribution in [0.3, 0.4) is 0 Å². The molecule has 2 rings (SSSR count). The van der Waals surface area contributed by atoms with Gasteiger partial charge in [0.05, 0.1) is 7.11 Å². The van der Waals surface area contributed by atoms with E-state index in [4.69, 9.17) is 4.74 Å². The average Bonchev–Trinajstić information content (AvgIpc) is 2.77. The predicted molar refractivity (Wildman–Crippen MR) is 84.3 cm³/mol. The molecule has 0 N–H and O–H groups in total. The van der Waals surface area contributed by atoms with E-state index >= 15 is 0 Å². The summed E-state index contributed by atoms with van der Waals surface area (Å²) in [6, 6.07) is 5.61. The van der Waals surface area contributed by atoms with Gasteiger partial charge in [0.15, 0.2) is 5.12 Å². The number of carbonyl (C=O) groups excluding carboxylic acids is 2. The number of carbonyl (C=O) groups is 2. The van der Waals surface area contributed by atoms with Crippen molar-refractivity contribution in [3.05, 3.63) is 22.7 Å². The first-order chi connectivity index (χ1) is 9.49. The van der Waals surface area contributed by atoms with Gasteiger partial charge in [-0.25, -0.2) is 0 Å². The molecule has 1 atom stereocenters. The van der Waals surface area contributed by atoms with E-state index in [0.717, 1.165) is 10.2 Å². The largest absolute Gasteiger partial charge is 0.497 e. The van der Waals surface area contributed by atoms with Crippen LogP contribution in [-0.4, -0.2) is 30.4 Å². The Morgan fingerprint density at radius 3 is 2.90 bits per heavy atom. The molecule has 1 fully saturated rings. The van der Waals surface area contributed by atoms with Crippen LogP contribution >= 0.6 is 27.7 Å². The Bertz CT molecular complexity index is 535. The van der Waals surface area contributed by atoms with Crippen LogP contribution in [0.5, 0.6) is 5.75 Å². The topological polar surface area (TPSA) is 46.6 Å². The Morgan fingerprint density at radius 2 is 2.25 bits per heavy atom. The fourth-order valence-electron chi connectivity index (χ4n) is 2.20. The normalized spacial score (nSPS) is 18.4. The molecule has 0 radical (unpaired) electrons. The van der Waals surface area contributed by atoms with Gasteiger partial charge >= 0.3 is 0 Å². The van der Waals surface area contributed by atoms with Crippen LogP contribution in [0.1, 0.15) is 13.3 Å². The van der Waals surface area contributed by atoms with Crippen molar-refractivity contribution in [1.29, 1.82) is 0 Å². The number of halogens is 1. The predicted octanol–water partition coefficient (Wildman–Crippen LogP) is 3.09. The molecule has 4 nitrogen and oxygen atoms in total. The number of ether oxygens (including phenoxy) is 1. The van der Waals surface area contributed by atoms with Crippen LogP contribution in [0.4, 0.5) is 5.69 Å². The zero-order valence-corrected chi connectivity index (χ0v) is 13.8. The van der Waals surface area contributed by atoms with Crippen molar-refractivity contribution in [2.75, 3.05) is 24.3 Å². The molecule has 20 heavy (non-hydrogen) atoms. The number of hydrogen-bond acceptors (Lipinski definition) is 4. The molecule has 0 bridgehead atoms. The van der Waals surface area contributed by atoms with Crippen LogP contribution in [-0.2, 0) is 9.59 Å². The highest BCUT2D eigenvalue weighted by Gasteiger charge is 2.31. The molecule has 1 amide bonds. The summed E-state index contributed by atoms with van der Waals surface area (Å²) in [4.78, 5) is 24.9. The van der Waals surface area contributed by atoms with Crippen molar-refractivity contribution in [3.63, 3.8) is 0 Å². The summed E-state index contributed by atoms with van der Waals surface area (Å²) >= 11 is 4.71. The lowest BCUT2D eigenvalue weighted by atomic mass is 10.1. The Kier molecular flexibility index (Phi) is 5.10. The van der Waals surface area contributed by atoms with Gasteiger partial charge in [-0.2, -0.15) is 0 Å². The highest BCUT2D eigenvalue weighted by atomic mass is 79.9. The standard InChI is InChI=1S/C14H16BrNO3S/c1-9(17)20-8-10-3-14(18)16(7-10)12-4-11(15)5-13(6-12)19-2/h4-6,10H,3,7-8H2,1-2H3. The van der Waals surface area contributed by atoms with Gasteiger partial charge in [0.1, 0.15) is 5.75 Å². The van der Waals surface area contributed by atoms with Crippen molar-refractivity contribution in [2.24, 2.45) is 5.92 Å². The zero-order chi connectivity index (χ0) is 14.7. The monoisotopic (exact) mass is 357 g/mol. The number of thioether (sulfide) groups is 1. The summed E-state index contributed by atoms with van der Waals surface area (Å²) < 4.78 is 6.10. The second kappa shape index (κ2) is 6.63. The fourth-order valence-corrected chi connectivity index (χ4v) is 3.35. The number of hydrogen-bond donors (Lipinski definition) is 0. The molecule has 1 saturated heterocycles. The van der Waals surface area contributed by atoms with E-state index in [-0.39, 0.29) is 16.9 Å². The van der Waals surface area contributed by atoms with Crippen molar-refractivity contribution in [1.82, 2.24) is 0 Å². The molecule has 0 aliphatic carbocycles. The number of methoxy groups -OCH3 is 1. The SMILES string of the molecule is COc1cc(Br)cc(N2CC(CSC(C)=O)CC2=O)c1. The Labute approximate surface area is 131 Å². The van der Waals surface area contributed by atoms with E-state index in [2.05, 4.69) is 15.9 Å². The minimum Gasteiger partial charge on any atom is -0.497 e. The van der Waals surface area contributed by atoms with Crippen molar-refractivity contribution < 1.29 is 14.3 Å². The van der Waals surface area contributed by atoms with Gasteiger partial charge in [0.25, 0.3) is 0 Å². The van der Waals surface area contributed by atoms with E-state index in [9.17, 15) is 9.59 Å². The number of benzene rings is 1. The summed E-state index contributed by atoms with van der Waals surface area (Å²) in [5.41, 5.74) is 0.830. The van der Waals surface area contributed by atoms with E-state index < -0.39 is 0 Å². The molecule has 108 valence electrons. The van der Waals surface area contributed by atoms with Gasteiger partial charge in [-0.15, -0.1) is 0 Å². The van der Waals surface area contributed by atoms with Crippen molar-refractivity contribution >= 4 is 44.4 Å². The second-order valence-electron chi connectivity index (χ2n) is 4.73. The quantitative estimate of drug-likeness (QED) is 0.830. The molecule has 0 aromatic heterocycles. The summed E-state index contributed by atoms with van der Waals surface area (Å²) in [5, 5.41) is 0.0972. The molecule has 6 heteroatoms. The first-order valence-electron chi connectivity index (χ1n) is 6.28. The summed E-state index contributed by atoms with van der Waals surface area (Å²) in [6.07, 6.45) is 0.495. The number of nitrogens with zero attached hydrogens (tertiary/aromatic N) is 1. The zero-order valence-electron chi connectivity index (χ0n) is 11.4. The third kappa shape index (κ3) is 3.76. The van der Waals surface area contributed by atoms with Crippen LogP contribution < -0.4 is 9.64 Å². The Morgan fingerprint density at radius 1 is 1.50 bits per heavy atom. The maximum absolute atomic E-state index is 12.1. The molecule has 1 aromatic rings. The van der Waals surface area contributed by atoms with Gasteiger partial charge in [-0.3, -0.25) is 9.59 Å². The number of rotatable bonds is 4. The molecule has 0 spiro atoms. The lowest BCUT2D eigenvalue weighted by Gasteiger charge is -2.18. The number of anilines is 1. The van der Waals surface area contributed by atoms with Crippen LogP contribution in [0, 0.1) is 5.92 Å². The lowest BCUT2D eigenvalue weighted by molar-refractivity contribution is -0.117. The first kappa shape index (κ1) is 15.4. The average molecular weight is 358 g/mol. The van der Waals surface area contributed by atoms with Crippen molar-refractivity contribution in [3.8, 4) is 5.75 Å². The van der Waals surface area contributed by atoms with E-state index in [1.807, 2.05) is 18.2 Å². The van der Waals surface area contributed by atoms with E-state index in [0.29, 0.717) is 24.5 Å². The lowest BCUT2D eigenvalue weighted by Crippen LogP contribution is -2.24. The smallest absolute Gasteiger partial charge is 0.227 e. The van der Waals surface area contributed by atoms with Gasteiger partial charge in [0.2, 0.25) is 5.91 Å². The Balaban J connectivity index is 2.11. The number of amides is 1. The molecular formula is C14H16BrNO3S. The fraction of sp³-hybridized carbons (Fsp3) is 0.429. The second-order valence-corrected chi connectivity index (χ2v) is 6.84. The molecule has 1 aliphatic heterocycles. The minimum atomic E-state index is 0.0966.